The lowest BCUT2D eigenvalue weighted by Gasteiger charge is -2.22. The quantitative estimate of drug-likeness (QED) is 0.752. The van der Waals surface area contributed by atoms with Crippen molar-refractivity contribution in [1.29, 1.82) is 0 Å². The molecule has 0 saturated heterocycles. The first-order chi connectivity index (χ1) is 9.56. The van der Waals surface area contributed by atoms with Crippen molar-refractivity contribution in [2.75, 3.05) is 50.5 Å². The van der Waals surface area contributed by atoms with Crippen LogP contribution in [0.15, 0.2) is 6.07 Å². The van der Waals surface area contributed by atoms with E-state index in [9.17, 15) is 0 Å². The second-order valence-corrected chi connectivity index (χ2v) is 5.41. The lowest BCUT2D eigenvalue weighted by Crippen LogP contribution is -2.27. The van der Waals surface area contributed by atoms with Gasteiger partial charge in [-0.25, -0.2) is 4.98 Å². The van der Waals surface area contributed by atoms with Gasteiger partial charge in [0, 0.05) is 37.9 Å². The zero-order chi connectivity index (χ0) is 15.0. The molecule has 0 fully saturated rings. The molecule has 0 aliphatic heterocycles. The van der Waals surface area contributed by atoms with Crippen molar-refractivity contribution in [1.82, 2.24) is 14.9 Å². The summed E-state index contributed by atoms with van der Waals surface area (Å²) in [6.07, 6.45) is 2.22. The molecule has 0 aliphatic carbocycles. The van der Waals surface area contributed by atoms with Crippen LogP contribution in [0.1, 0.15) is 32.4 Å². The Morgan fingerprint density at radius 3 is 2.25 bits per heavy atom. The largest absolute Gasteiger partial charge is 0.369 e. The second kappa shape index (κ2) is 8.74. The first-order valence-electron chi connectivity index (χ1n) is 7.56. The van der Waals surface area contributed by atoms with Crippen molar-refractivity contribution in [3.05, 3.63) is 11.8 Å². The number of aromatic nitrogens is 2. The van der Waals surface area contributed by atoms with Gasteiger partial charge in [-0.15, -0.1) is 0 Å². The van der Waals surface area contributed by atoms with Crippen molar-refractivity contribution in [2.45, 2.75) is 33.6 Å². The Balaban J connectivity index is 2.77. The molecule has 1 aromatic heterocycles. The lowest BCUT2D eigenvalue weighted by molar-refractivity contribution is 0.425. The van der Waals surface area contributed by atoms with Crippen molar-refractivity contribution in [3.8, 4) is 0 Å². The van der Waals surface area contributed by atoms with E-state index in [0.717, 1.165) is 56.5 Å². The van der Waals surface area contributed by atoms with E-state index in [4.69, 9.17) is 0 Å². The number of nitrogens with one attached hydrogen (secondary N) is 1. The summed E-state index contributed by atoms with van der Waals surface area (Å²) in [5.74, 6) is 1.77. The summed E-state index contributed by atoms with van der Waals surface area (Å²) in [5, 5.41) is 3.38. The molecule has 1 aromatic rings. The van der Waals surface area contributed by atoms with E-state index in [1.165, 1.54) is 0 Å². The van der Waals surface area contributed by atoms with E-state index in [0.29, 0.717) is 0 Å². The molecule has 0 radical (unpaired) electrons. The maximum absolute atomic E-state index is 4.65. The minimum atomic E-state index is 0.848. The predicted molar refractivity (Wildman–Crippen MR) is 86.6 cm³/mol. The molecule has 114 valence electrons. The molecular formula is C15H29N5. The van der Waals surface area contributed by atoms with Crippen LogP contribution in [-0.2, 0) is 0 Å². The van der Waals surface area contributed by atoms with Gasteiger partial charge in [0.2, 0.25) is 5.95 Å². The number of anilines is 2. The number of nitrogens with zero attached hydrogens (tertiary/aromatic N) is 4. The van der Waals surface area contributed by atoms with Crippen molar-refractivity contribution < 1.29 is 0 Å². The van der Waals surface area contributed by atoms with Gasteiger partial charge in [0.25, 0.3) is 0 Å². The Morgan fingerprint density at radius 2 is 1.70 bits per heavy atom. The molecular weight excluding hydrogens is 250 g/mol. The Morgan fingerprint density at radius 1 is 1.05 bits per heavy atom. The molecule has 1 N–H and O–H groups in total. The highest BCUT2D eigenvalue weighted by Crippen LogP contribution is 2.14. The van der Waals surface area contributed by atoms with E-state index >= 15 is 0 Å². The highest BCUT2D eigenvalue weighted by molar-refractivity contribution is 5.43. The van der Waals surface area contributed by atoms with Crippen molar-refractivity contribution in [2.24, 2.45) is 0 Å². The average Bonchev–Trinajstić information content (AvgIpc) is 2.37. The van der Waals surface area contributed by atoms with Gasteiger partial charge in [0.1, 0.15) is 5.82 Å². The Kier molecular flexibility index (Phi) is 7.30. The number of hydrogen-bond donors (Lipinski definition) is 1. The van der Waals surface area contributed by atoms with E-state index in [1.54, 1.807) is 0 Å². The van der Waals surface area contributed by atoms with Gasteiger partial charge in [0.05, 0.1) is 0 Å². The molecule has 5 heteroatoms. The summed E-state index contributed by atoms with van der Waals surface area (Å²) in [6, 6.07) is 2.01. The number of rotatable bonds is 9. The van der Waals surface area contributed by atoms with Crippen LogP contribution in [0.3, 0.4) is 0 Å². The Bertz CT molecular complexity index is 386. The standard InChI is InChI=1S/C15H29N5/c1-6-9-20(10-7-2)15-17-13(3)12-14(18-15)16-8-11-19(4)5/h12H,6-11H2,1-5H3,(H,16,17,18). The fourth-order valence-corrected chi connectivity index (χ4v) is 2.04. The zero-order valence-corrected chi connectivity index (χ0v) is 13.6. The molecule has 20 heavy (non-hydrogen) atoms. The summed E-state index contributed by atoms with van der Waals surface area (Å²) in [7, 11) is 4.14. The predicted octanol–water partition coefficient (Wildman–Crippen LogP) is 2.38. The maximum Gasteiger partial charge on any atom is 0.227 e. The minimum absolute atomic E-state index is 0.848. The highest BCUT2D eigenvalue weighted by Gasteiger charge is 2.09. The van der Waals surface area contributed by atoms with E-state index in [1.807, 2.05) is 13.0 Å². The molecule has 0 amide bonds. The average molecular weight is 279 g/mol. The maximum atomic E-state index is 4.65. The molecule has 0 bridgehead atoms. The summed E-state index contributed by atoms with van der Waals surface area (Å²) in [5.41, 5.74) is 1.01. The fraction of sp³-hybridized carbons (Fsp3) is 0.733. The van der Waals surface area contributed by atoms with Gasteiger partial charge in [-0.3, -0.25) is 0 Å². The number of likely N-dealkylation sites (N-methyl/N-ethyl adjacent to an activating group) is 1. The van der Waals surface area contributed by atoms with Gasteiger partial charge in [0.15, 0.2) is 0 Å². The van der Waals surface area contributed by atoms with Gasteiger partial charge in [-0.1, -0.05) is 13.8 Å². The van der Waals surface area contributed by atoms with Gasteiger partial charge in [-0.05, 0) is 33.9 Å². The molecule has 1 heterocycles. The molecule has 0 aromatic carbocycles. The van der Waals surface area contributed by atoms with Crippen LogP contribution in [0.2, 0.25) is 0 Å². The first kappa shape index (κ1) is 16.7. The van der Waals surface area contributed by atoms with E-state index in [-0.39, 0.29) is 0 Å². The minimum Gasteiger partial charge on any atom is -0.369 e. The molecule has 5 nitrogen and oxygen atoms in total. The smallest absolute Gasteiger partial charge is 0.227 e. The normalized spacial score (nSPS) is 10.9. The highest BCUT2D eigenvalue weighted by atomic mass is 15.3. The van der Waals surface area contributed by atoms with Crippen LogP contribution < -0.4 is 10.2 Å². The van der Waals surface area contributed by atoms with Crippen LogP contribution in [0.25, 0.3) is 0 Å². The SMILES string of the molecule is CCCN(CCC)c1nc(C)cc(NCCN(C)C)n1. The first-order valence-corrected chi connectivity index (χ1v) is 7.56. The second-order valence-electron chi connectivity index (χ2n) is 5.41. The Labute approximate surface area is 123 Å². The third kappa shape index (κ3) is 5.74. The monoisotopic (exact) mass is 279 g/mol. The Hall–Kier alpha value is -1.36. The van der Waals surface area contributed by atoms with Crippen LogP contribution in [-0.4, -0.2) is 55.1 Å². The lowest BCUT2D eigenvalue weighted by atomic mass is 10.3. The molecule has 0 saturated carbocycles. The van der Waals surface area contributed by atoms with Crippen LogP contribution in [0.4, 0.5) is 11.8 Å². The van der Waals surface area contributed by atoms with E-state index in [2.05, 4.69) is 53.0 Å². The summed E-state index contributed by atoms with van der Waals surface area (Å²) >= 11 is 0. The summed E-state index contributed by atoms with van der Waals surface area (Å²) in [6.45, 7) is 10.3. The van der Waals surface area contributed by atoms with Crippen LogP contribution in [0.5, 0.6) is 0 Å². The van der Waals surface area contributed by atoms with E-state index < -0.39 is 0 Å². The summed E-state index contributed by atoms with van der Waals surface area (Å²) < 4.78 is 0. The topological polar surface area (TPSA) is 44.3 Å². The molecule has 0 spiro atoms. The van der Waals surface area contributed by atoms with Gasteiger partial charge >= 0.3 is 0 Å². The zero-order valence-electron chi connectivity index (χ0n) is 13.6. The van der Waals surface area contributed by atoms with Crippen LogP contribution >= 0.6 is 0 Å². The number of hydrogen-bond acceptors (Lipinski definition) is 5. The van der Waals surface area contributed by atoms with Gasteiger partial charge in [-0.2, -0.15) is 4.98 Å². The van der Waals surface area contributed by atoms with Gasteiger partial charge < -0.3 is 15.1 Å². The molecule has 1 rings (SSSR count). The third-order valence-corrected chi connectivity index (χ3v) is 2.98. The fourth-order valence-electron chi connectivity index (χ4n) is 2.04. The molecule has 0 atom stereocenters. The number of aryl methyl sites for hydroxylation is 1. The van der Waals surface area contributed by atoms with Crippen molar-refractivity contribution >= 4 is 11.8 Å². The third-order valence-electron chi connectivity index (χ3n) is 2.98. The van der Waals surface area contributed by atoms with Crippen LogP contribution in [0, 0.1) is 6.92 Å². The summed E-state index contributed by atoms with van der Waals surface area (Å²) in [4.78, 5) is 13.7. The van der Waals surface area contributed by atoms with Crippen molar-refractivity contribution in [3.63, 3.8) is 0 Å². The molecule has 0 aliphatic rings. The molecule has 0 unspecified atom stereocenters.